The molecule has 0 radical (unpaired) electrons. The Hall–Kier alpha value is -1.10. The Morgan fingerprint density at radius 1 is 0.500 bits per heavy atom. The van der Waals surface area contributed by atoms with Gasteiger partial charge in [-0.2, -0.15) is 0 Å². The first-order chi connectivity index (χ1) is 21.5. The van der Waals surface area contributed by atoms with Crippen molar-refractivity contribution in [2.24, 2.45) is 5.92 Å². The molecule has 0 heterocycles. The highest BCUT2D eigenvalue weighted by Crippen LogP contribution is 2.16. The van der Waals surface area contributed by atoms with Gasteiger partial charge in [-0.1, -0.05) is 188 Å². The molecular weight excluding hydrogens is 548 g/mol. The molecule has 0 aliphatic rings. The predicted molar refractivity (Wildman–Crippen MR) is 187 cm³/mol. The molecule has 0 aliphatic carbocycles. The van der Waals surface area contributed by atoms with Gasteiger partial charge in [0.25, 0.3) is 0 Å². The number of ether oxygens (including phenoxy) is 2. The van der Waals surface area contributed by atoms with Crippen LogP contribution in [0.15, 0.2) is 0 Å². The van der Waals surface area contributed by atoms with Gasteiger partial charge in [-0.25, -0.2) is 0 Å². The first-order valence-electron chi connectivity index (χ1n) is 19.5. The van der Waals surface area contributed by atoms with Gasteiger partial charge in [0.2, 0.25) is 0 Å². The fourth-order valence-electron chi connectivity index (χ4n) is 5.86. The second-order valence-electron chi connectivity index (χ2n) is 13.9. The van der Waals surface area contributed by atoms with E-state index in [0.29, 0.717) is 12.8 Å². The Kier molecular flexibility index (Phi) is 33.9. The third-order valence-corrected chi connectivity index (χ3v) is 8.83. The van der Waals surface area contributed by atoms with Crippen LogP contribution in [0.5, 0.6) is 0 Å². The van der Waals surface area contributed by atoms with Crippen LogP contribution in [-0.4, -0.2) is 36.4 Å². The molecule has 0 aromatic rings. The van der Waals surface area contributed by atoms with Crippen molar-refractivity contribution in [3.63, 3.8) is 0 Å². The lowest BCUT2D eigenvalue weighted by Gasteiger charge is -2.15. The zero-order chi connectivity index (χ0) is 32.4. The molecule has 0 saturated heterocycles. The van der Waals surface area contributed by atoms with Crippen molar-refractivity contribution in [2.75, 3.05) is 13.2 Å². The van der Waals surface area contributed by atoms with Crippen LogP contribution in [0.4, 0.5) is 0 Å². The van der Waals surface area contributed by atoms with E-state index >= 15 is 0 Å². The minimum Gasteiger partial charge on any atom is -0.462 e. The normalized spacial score (nSPS) is 12.1. The fraction of sp³-hybridized carbons (Fsp3) is 0.949. The average Bonchev–Trinajstić information content (AvgIpc) is 3.01. The molecule has 0 bridgehead atoms. The monoisotopic (exact) mass is 625 g/mol. The summed E-state index contributed by atoms with van der Waals surface area (Å²) >= 11 is 0. The van der Waals surface area contributed by atoms with E-state index in [4.69, 9.17) is 9.47 Å². The van der Waals surface area contributed by atoms with Gasteiger partial charge >= 0.3 is 11.9 Å². The van der Waals surface area contributed by atoms with Crippen molar-refractivity contribution in [1.29, 1.82) is 0 Å². The lowest BCUT2D eigenvalue weighted by molar-refractivity contribution is -0.161. The second kappa shape index (κ2) is 34.8. The largest absolute Gasteiger partial charge is 0.462 e. The molecule has 0 aliphatic heterocycles. The van der Waals surface area contributed by atoms with Crippen molar-refractivity contribution in [1.82, 2.24) is 0 Å². The quantitative estimate of drug-likeness (QED) is 0.0561. The molecule has 0 rings (SSSR count). The molecule has 1 N–H and O–H groups in total. The van der Waals surface area contributed by atoms with Crippen molar-refractivity contribution >= 4 is 11.9 Å². The third kappa shape index (κ3) is 33.8. The molecule has 0 amide bonds. The maximum atomic E-state index is 12.1. The topological polar surface area (TPSA) is 72.8 Å². The summed E-state index contributed by atoms with van der Waals surface area (Å²) in [6.07, 6.45) is 35.9. The molecule has 262 valence electrons. The molecule has 5 heteroatoms. The number of unbranched alkanes of at least 4 members (excludes halogenated alkanes) is 25. The Labute approximate surface area is 274 Å². The van der Waals surface area contributed by atoms with Gasteiger partial charge in [0.15, 0.2) is 6.10 Å². The molecule has 0 spiro atoms. The van der Waals surface area contributed by atoms with E-state index in [1.807, 2.05) is 0 Å². The van der Waals surface area contributed by atoms with Gasteiger partial charge in [0, 0.05) is 12.8 Å². The zero-order valence-corrected chi connectivity index (χ0v) is 29.9. The van der Waals surface area contributed by atoms with E-state index in [1.54, 1.807) is 0 Å². The Morgan fingerprint density at radius 3 is 1.20 bits per heavy atom. The molecule has 1 atom stereocenters. The zero-order valence-electron chi connectivity index (χ0n) is 29.9. The smallest absolute Gasteiger partial charge is 0.306 e. The lowest BCUT2D eigenvalue weighted by Crippen LogP contribution is -2.28. The van der Waals surface area contributed by atoms with Crippen molar-refractivity contribution < 1.29 is 24.2 Å². The number of hydrogen-bond donors (Lipinski definition) is 1. The number of hydrogen-bond acceptors (Lipinski definition) is 5. The highest BCUT2D eigenvalue weighted by Gasteiger charge is 2.16. The van der Waals surface area contributed by atoms with Crippen LogP contribution in [-0.2, 0) is 19.1 Å². The summed E-state index contributed by atoms with van der Waals surface area (Å²) in [5.74, 6) is 0.274. The minimum absolute atomic E-state index is 0.0577. The Bertz CT molecular complexity index is 605. The molecule has 0 unspecified atom stereocenters. The van der Waals surface area contributed by atoms with Crippen molar-refractivity contribution in [3.05, 3.63) is 0 Å². The minimum atomic E-state index is -0.761. The molecule has 0 aromatic heterocycles. The first kappa shape index (κ1) is 42.9. The van der Waals surface area contributed by atoms with Gasteiger partial charge in [-0.3, -0.25) is 9.59 Å². The number of aliphatic hydroxyl groups excluding tert-OH is 1. The second-order valence-corrected chi connectivity index (χ2v) is 13.9. The summed E-state index contributed by atoms with van der Waals surface area (Å²) < 4.78 is 10.6. The van der Waals surface area contributed by atoms with Crippen LogP contribution in [0.3, 0.4) is 0 Å². The number of esters is 2. The first-order valence-corrected chi connectivity index (χ1v) is 19.5. The number of carbonyl (C=O) groups excluding carboxylic acids is 2. The summed E-state index contributed by atoms with van der Waals surface area (Å²) in [4.78, 5) is 24.2. The van der Waals surface area contributed by atoms with Crippen LogP contribution >= 0.6 is 0 Å². The van der Waals surface area contributed by atoms with E-state index in [1.165, 1.54) is 148 Å². The number of rotatable bonds is 35. The predicted octanol–water partition coefficient (Wildman–Crippen LogP) is 11.8. The summed E-state index contributed by atoms with van der Waals surface area (Å²) in [5, 5.41) is 9.54. The maximum absolute atomic E-state index is 12.1. The van der Waals surface area contributed by atoms with E-state index in [-0.39, 0.29) is 25.2 Å². The highest BCUT2D eigenvalue weighted by molar-refractivity contribution is 5.70. The van der Waals surface area contributed by atoms with Crippen molar-refractivity contribution in [2.45, 2.75) is 219 Å². The Balaban J connectivity index is 3.49. The van der Waals surface area contributed by atoms with E-state index < -0.39 is 6.10 Å². The summed E-state index contributed by atoms with van der Waals surface area (Å²) in [6.45, 7) is 6.51. The van der Waals surface area contributed by atoms with Crippen LogP contribution in [0.1, 0.15) is 213 Å². The van der Waals surface area contributed by atoms with E-state index in [2.05, 4.69) is 20.8 Å². The highest BCUT2D eigenvalue weighted by atomic mass is 16.6. The molecule has 5 nitrogen and oxygen atoms in total. The number of carbonyl (C=O) groups is 2. The molecule has 44 heavy (non-hydrogen) atoms. The van der Waals surface area contributed by atoms with Crippen LogP contribution < -0.4 is 0 Å². The van der Waals surface area contributed by atoms with Crippen LogP contribution in [0.25, 0.3) is 0 Å². The van der Waals surface area contributed by atoms with Gasteiger partial charge in [-0.15, -0.1) is 0 Å². The fourth-order valence-corrected chi connectivity index (χ4v) is 5.86. The van der Waals surface area contributed by atoms with Gasteiger partial charge < -0.3 is 14.6 Å². The third-order valence-electron chi connectivity index (χ3n) is 8.83. The SMILES string of the molecule is CCCCCCCCCCCCCCCC(=O)O[C@@H](CO)COC(=O)CCCCCCCCCCCCCCCCC(C)C. The van der Waals surface area contributed by atoms with Gasteiger partial charge in [0.1, 0.15) is 6.61 Å². The standard InChI is InChI=1S/C39H76O5/c1-4-5-6-7-8-9-10-13-18-21-24-27-30-33-39(42)44-37(34-40)35-43-38(41)32-29-26-23-20-17-15-12-11-14-16-19-22-25-28-31-36(2)3/h36-37,40H,4-35H2,1-3H3/t37-/m0/s1. The molecule has 0 saturated carbocycles. The van der Waals surface area contributed by atoms with Crippen LogP contribution in [0, 0.1) is 5.92 Å². The maximum Gasteiger partial charge on any atom is 0.306 e. The van der Waals surface area contributed by atoms with Gasteiger partial charge in [-0.05, 0) is 18.8 Å². The van der Waals surface area contributed by atoms with Crippen molar-refractivity contribution in [3.8, 4) is 0 Å². The molecule has 0 fully saturated rings. The summed E-state index contributed by atoms with van der Waals surface area (Å²) in [6, 6.07) is 0. The average molecular weight is 625 g/mol. The van der Waals surface area contributed by atoms with Crippen LogP contribution in [0.2, 0.25) is 0 Å². The summed E-state index contributed by atoms with van der Waals surface area (Å²) in [5.41, 5.74) is 0. The van der Waals surface area contributed by atoms with E-state index in [9.17, 15) is 14.7 Å². The lowest BCUT2D eigenvalue weighted by atomic mass is 10.0. The summed E-state index contributed by atoms with van der Waals surface area (Å²) in [7, 11) is 0. The number of aliphatic hydroxyl groups is 1. The molecule has 0 aromatic carbocycles. The van der Waals surface area contributed by atoms with E-state index in [0.717, 1.165) is 38.0 Å². The molecular formula is C39H76O5. The Morgan fingerprint density at radius 2 is 0.841 bits per heavy atom. The van der Waals surface area contributed by atoms with Gasteiger partial charge in [0.05, 0.1) is 6.61 Å².